The molecule has 1 aliphatic heterocycles. The van der Waals surface area contributed by atoms with E-state index < -0.39 is 18.2 Å². The van der Waals surface area contributed by atoms with E-state index in [4.69, 9.17) is 9.47 Å². The van der Waals surface area contributed by atoms with Crippen LogP contribution < -0.4 is 0 Å². The molecular weight excluding hydrogens is 402 g/mol. The van der Waals surface area contributed by atoms with Gasteiger partial charge in [0.15, 0.2) is 0 Å². The Bertz CT molecular complexity index is 961. The highest BCUT2D eigenvalue weighted by Gasteiger charge is 2.35. The van der Waals surface area contributed by atoms with Crippen molar-refractivity contribution in [3.63, 3.8) is 0 Å². The van der Waals surface area contributed by atoms with Crippen molar-refractivity contribution in [1.29, 1.82) is 0 Å². The van der Waals surface area contributed by atoms with Crippen LogP contribution in [-0.4, -0.2) is 41.0 Å². The number of carbonyl (C=O) groups excluding carboxylic acids is 1. The lowest BCUT2D eigenvalue weighted by atomic mass is 9.96. The molecule has 3 aromatic rings. The minimum absolute atomic E-state index is 0.0576. The van der Waals surface area contributed by atoms with Gasteiger partial charge in [0.05, 0.1) is 24.9 Å². The van der Waals surface area contributed by atoms with E-state index in [2.05, 4.69) is 0 Å². The number of amides is 1. The lowest BCUT2D eigenvalue weighted by Gasteiger charge is -2.34. The summed E-state index contributed by atoms with van der Waals surface area (Å²) in [6, 6.07) is 28.9. The molecule has 1 saturated heterocycles. The zero-order valence-electron chi connectivity index (χ0n) is 18.0. The molecule has 5 nitrogen and oxygen atoms in total. The van der Waals surface area contributed by atoms with E-state index in [0.717, 1.165) is 16.7 Å². The first-order valence-electron chi connectivity index (χ1n) is 11.0. The fourth-order valence-electron chi connectivity index (χ4n) is 3.84. The van der Waals surface area contributed by atoms with E-state index in [9.17, 15) is 9.90 Å². The highest BCUT2D eigenvalue weighted by molar-refractivity contribution is 5.68. The Morgan fingerprint density at radius 1 is 0.906 bits per heavy atom. The molecule has 1 aliphatic rings. The molecular formula is C27H29NO4. The van der Waals surface area contributed by atoms with Gasteiger partial charge in [-0.15, -0.1) is 0 Å². The predicted octanol–water partition coefficient (Wildman–Crippen LogP) is 4.59. The number of aliphatic hydroxyl groups is 1. The van der Waals surface area contributed by atoms with Crippen LogP contribution in [0.5, 0.6) is 0 Å². The van der Waals surface area contributed by atoms with Crippen LogP contribution in [0.1, 0.15) is 23.1 Å². The summed E-state index contributed by atoms with van der Waals surface area (Å²) in [5.41, 5.74) is 2.96. The van der Waals surface area contributed by atoms with E-state index >= 15 is 0 Å². The second-order valence-corrected chi connectivity index (χ2v) is 8.17. The maximum Gasteiger partial charge on any atom is 0.410 e. The molecule has 0 aromatic heterocycles. The Kier molecular flexibility index (Phi) is 7.54. The topological polar surface area (TPSA) is 62.3 Å². The molecule has 0 bridgehead atoms. The summed E-state index contributed by atoms with van der Waals surface area (Å²) in [7, 11) is 0. The fraction of sp³-hybridized carbons (Fsp3) is 0.296. The molecule has 1 heterocycles. The quantitative estimate of drug-likeness (QED) is 0.477. The number of rotatable bonds is 10. The number of carbonyl (C=O) groups is 1. The molecule has 0 saturated carbocycles. The van der Waals surface area contributed by atoms with Gasteiger partial charge in [-0.1, -0.05) is 91.0 Å². The molecule has 3 aromatic carbocycles. The van der Waals surface area contributed by atoms with Crippen LogP contribution in [0.3, 0.4) is 0 Å². The normalized spacial score (nSPS) is 16.7. The Hall–Kier alpha value is -3.15. The first-order valence-corrected chi connectivity index (χ1v) is 11.0. The molecule has 4 rings (SSSR count). The SMILES string of the molecule is O=C(OCc1ccccc1)N(Cc1ccccc1)[C@@H](Cc1ccccc1)[C@@H](O)CC1CO1. The van der Waals surface area contributed by atoms with Crippen LogP contribution in [-0.2, 0) is 29.0 Å². The molecule has 0 aliphatic carbocycles. The van der Waals surface area contributed by atoms with Crippen molar-refractivity contribution in [2.75, 3.05) is 6.61 Å². The van der Waals surface area contributed by atoms with Crippen molar-refractivity contribution in [3.8, 4) is 0 Å². The number of aliphatic hydroxyl groups excluding tert-OH is 1. The van der Waals surface area contributed by atoms with Crippen molar-refractivity contribution in [2.24, 2.45) is 0 Å². The van der Waals surface area contributed by atoms with E-state index in [0.29, 0.717) is 26.0 Å². The zero-order chi connectivity index (χ0) is 22.2. The fourth-order valence-corrected chi connectivity index (χ4v) is 3.84. The molecule has 3 atom stereocenters. The third-order valence-electron chi connectivity index (χ3n) is 5.67. The van der Waals surface area contributed by atoms with Crippen LogP contribution in [0, 0.1) is 0 Å². The van der Waals surface area contributed by atoms with Gasteiger partial charge in [-0.3, -0.25) is 4.90 Å². The van der Waals surface area contributed by atoms with Gasteiger partial charge in [0.1, 0.15) is 6.61 Å². The summed E-state index contributed by atoms with van der Waals surface area (Å²) in [6.45, 7) is 1.20. The van der Waals surface area contributed by atoms with Gasteiger partial charge >= 0.3 is 6.09 Å². The van der Waals surface area contributed by atoms with Crippen LogP contribution in [0.4, 0.5) is 4.79 Å². The number of epoxide rings is 1. The Labute approximate surface area is 189 Å². The monoisotopic (exact) mass is 431 g/mol. The van der Waals surface area contributed by atoms with Gasteiger partial charge in [-0.05, 0) is 23.1 Å². The van der Waals surface area contributed by atoms with Crippen LogP contribution in [0.2, 0.25) is 0 Å². The summed E-state index contributed by atoms with van der Waals surface area (Å²) >= 11 is 0. The summed E-state index contributed by atoms with van der Waals surface area (Å²) in [4.78, 5) is 15.0. The number of hydrogen-bond donors (Lipinski definition) is 1. The van der Waals surface area contributed by atoms with Crippen LogP contribution >= 0.6 is 0 Å². The summed E-state index contributed by atoms with van der Waals surface area (Å²) in [5.74, 6) is 0. The average Bonchev–Trinajstić information content (AvgIpc) is 3.65. The van der Waals surface area contributed by atoms with Gasteiger partial charge < -0.3 is 14.6 Å². The minimum atomic E-state index is -0.726. The minimum Gasteiger partial charge on any atom is -0.445 e. The van der Waals surface area contributed by atoms with Gasteiger partial charge in [-0.25, -0.2) is 4.79 Å². The van der Waals surface area contributed by atoms with Crippen molar-refractivity contribution in [3.05, 3.63) is 108 Å². The predicted molar refractivity (Wildman–Crippen MR) is 123 cm³/mol. The van der Waals surface area contributed by atoms with Gasteiger partial charge in [0.25, 0.3) is 0 Å². The van der Waals surface area contributed by atoms with Gasteiger partial charge in [-0.2, -0.15) is 0 Å². The molecule has 1 N–H and O–H groups in total. The highest BCUT2D eigenvalue weighted by atomic mass is 16.6. The molecule has 0 spiro atoms. The molecule has 1 fully saturated rings. The third kappa shape index (κ3) is 6.42. The Morgan fingerprint density at radius 3 is 2.00 bits per heavy atom. The molecule has 32 heavy (non-hydrogen) atoms. The molecule has 0 radical (unpaired) electrons. The molecule has 5 heteroatoms. The Balaban J connectivity index is 1.57. The number of nitrogens with zero attached hydrogens (tertiary/aromatic N) is 1. The first kappa shape index (κ1) is 22.1. The van der Waals surface area contributed by atoms with E-state index in [-0.39, 0.29) is 12.7 Å². The van der Waals surface area contributed by atoms with Crippen molar-refractivity contribution < 1.29 is 19.4 Å². The van der Waals surface area contributed by atoms with E-state index in [1.165, 1.54) is 0 Å². The van der Waals surface area contributed by atoms with Crippen molar-refractivity contribution in [2.45, 2.75) is 44.2 Å². The Morgan fingerprint density at radius 2 is 1.44 bits per heavy atom. The largest absolute Gasteiger partial charge is 0.445 e. The van der Waals surface area contributed by atoms with Crippen LogP contribution in [0.25, 0.3) is 0 Å². The number of ether oxygens (including phenoxy) is 2. The second kappa shape index (κ2) is 10.9. The van der Waals surface area contributed by atoms with Crippen molar-refractivity contribution in [1.82, 2.24) is 4.90 Å². The maximum atomic E-state index is 13.3. The number of benzene rings is 3. The third-order valence-corrected chi connectivity index (χ3v) is 5.67. The maximum absolute atomic E-state index is 13.3. The lowest BCUT2D eigenvalue weighted by molar-refractivity contribution is 0.0206. The van der Waals surface area contributed by atoms with E-state index in [1.54, 1.807) is 4.90 Å². The lowest BCUT2D eigenvalue weighted by Crippen LogP contribution is -2.48. The molecule has 166 valence electrons. The van der Waals surface area contributed by atoms with Gasteiger partial charge in [0.2, 0.25) is 0 Å². The average molecular weight is 432 g/mol. The second-order valence-electron chi connectivity index (χ2n) is 8.17. The van der Waals surface area contributed by atoms with E-state index in [1.807, 2.05) is 91.0 Å². The summed E-state index contributed by atoms with van der Waals surface area (Å²) < 4.78 is 11.0. The smallest absolute Gasteiger partial charge is 0.410 e. The van der Waals surface area contributed by atoms with Gasteiger partial charge in [0, 0.05) is 13.0 Å². The zero-order valence-corrected chi connectivity index (χ0v) is 18.0. The molecule has 1 amide bonds. The highest BCUT2D eigenvalue weighted by Crippen LogP contribution is 2.24. The summed E-state index contributed by atoms with van der Waals surface area (Å²) in [5, 5.41) is 11.1. The van der Waals surface area contributed by atoms with Crippen LogP contribution in [0.15, 0.2) is 91.0 Å². The molecule has 1 unspecified atom stereocenters. The standard InChI is InChI=1S/C27H29NO4/c29-26(17-24-20-31-24)25(16-21-10-4-1-5-11-21)28(18-22-12-6-2-7-13-22)27(30)32-19-23-14-8-3-9-15-23/h1-15,24-26,29H,16-20H2/t24?,25-,26-/m0/s1. The van der Waals surface area contributed by atoms with Crippen molar-refractivity contribution >= 4 is 6.09 Å². The summed E-state index contributed by atoms with van der Waals surface area (Å²) in [6.07, 6.45) is -0.0798. The number of hydrogen-bond acceptors (Lipinski definition) is 4. The first-order chi connectivity index (χ1) is 15.7.